The summed E-state index contributed by atoms with van der Waals surface area (Å²) in [5.41, 5.74) is 3.08. The molecule has 2 aromatic heterocycles. The zero-order valence-corrected chi connectivity index (χ0v) is 33.6. The maximum Gasteiger partial charge on any atom is 0.183 e. The Kier molecular flexibility index (Phi) is 11.4. The Hall–Kier alpha value is -4.50. The van der Waals surface area contributed by atoms with Crippen molar-refractivity contribution in [1.29, 1.82) is 0 Å². The number of nitrogens with zero attached hydrogens (tertiary/aromatic N) is 6. The van der Waals surface area contributed by atoms with Crippen LogP contribution in [0, 0.1) is 0 Å². The van der Waals surface area contributed by atoms with E-state index in [2.05, 4.69) is 38.8 Å². The van der Waals surface area contributed by atoms with Crippen molar-refractivity contribution in [2.45, 2.75) is 69.0 Å². The first-order valence-corrected chi connectivity index (χ1v) is 21.1. The Morgan fingerprint density at radius 3 is 1.96 bits per heavy atom. The summed E-state index contributed by atoms with van der Waals surface area (Å²) in [6, 6.07) is 25.3. The highest BCUT2D eigenvalue weighted by molar-refractivity contribution is 6.91. The second kappa shape index (κ2) is 15.7. The third-order valence-electron chi connectivity index (χ3n) is 10.7. The van der Waals surface area contributed by atoms with E-state index in [1.54, 1.807) is 31.3 Å². The molecule has 4 atom stereocenters. The summed E-state index contributed by atoms with van der Waals surface area (Å²) in [4.78, 5) is 21.4. The number of rotatable bonds is 13. The number of aliphatic hydroxyl groups excluding tert-OH is 2. The standard InChI is InChI=1S/C41H52N6O6Si/c1-40(2,3)54(8,9)39-44-36(42-23-24-46(4)5)33-37(45-39)47(26-43-33)38-35(49)34(48)32(53-38)25-52-41(27-13-11-10-12-14-27,28-15-19-30(50-6)20-16-28)29-17-21-31(51-7)22-18-29/h10-23,26,32,34-35,38,48-49H,24-25H2,1-9H3/t32-,34?,35?,38-/m1/s1. The third-order valence-corrected chi connectivity index (χ3v) is 15.8. The zero-order chi connectivity index (χ0) is 38.8. The van der Waals surface area contributed by atoms with Crippen LogP contribution in [0.4, 0.5) is 5.82 Å². The zero-order valence-electron chi connectivity index (χ0n) is 32.6. The molecule has 1 saturated heterocycles. The van der Waals surface area contributed by atoms with Gasteiger partial charge in [0, 0.05) is 12.8 Å². The van der Waals surface area contributed by atoms with Crippen LogP contribution in [0.2, 0.25) is 18.1 Å². The number of methoxy groups -OCH3 is 2. The quantitative estimate of drug-likeness (QED) is 0.0908. The third kappa shape index (κ3) is 7.44. The smallest absolute Gasteiger partial charge is 0.183 e. The van der Waals surface area contributed by atoms with E-state index in [-0.39, 0.29) is 11.6 Å². The van der Waals surface area contributed by atoms with Crippen LogP contribution in [-0.2, 0) is 15.1 Å². The number of hydrogen-bond acceptors (Lipinski definition) is 11. The molecule has 0 radical (unpaired) electrons. The minimum atomic E-state index is -2.25. The summed E-state index contributed by atoms with van der Waals surface area (Å²) in [6.45, 7) is 11.7. The highest BCUT2D eigenvalue weighted by Crippen LogP contribution is 2.43. The highest BCUT2D eigenvalue weighted by Gasteiger charge is 2.47. The van der Waals surface area contributed by atoms with Crippen LogP contribution in [0.1, 0.15) is 43.7 Å². The van der Waals surface area contributed by atoms with Gasteiger partial charge in [-0.3, -0.25) is 4.57 Å². The molecule has 54 heavy (non-hydrogen) atoms. The van der Waals surface area contributed by atoms with Crippen molar-refractivity contribution in [3.05, 3.63) is 102 Å². The lowest BCUT2D eigenvalue weighted by Crippen LogP contribution is -2.52. The van der Waals surface area contributed by atoms with Gasteiger partial charge in [-0.1, -0.05) is 88.5 Å². The van der Waals surface area contributed by atoms with Gasteiger partial charge in [-0.2, -0.15) is 0 Å². The molecule has 0 spiro atoms. The molecule has 0 aliphatic carbocycles. The normalized spacial score (nSPS) is 19.6. The van der Waals surface area contributed by atoms with E-state index in [9.17, 15) is 10.2 Å². The fourth-order valence-corrected chi connectivity index (χ4v) is 7.90. The van der Waals surface area contributed by atoms with Gasteiger partial charge in [-0.25, -0.2) is 19.9 Å². The number of aliphatic hydroxyl groups is 2. The minimum absolute atomic E-state index is 0.0584. The van der Waals surface area contributed by atoms with E-state index in [1.165, 1.54) is 0 Å². The maximum absolute atomic E-state index is 11.6. The average molecular weight is 753 g/mol. The van der Waals surface area contributed by atoms with Gasteiger partial charge >= 0.3 is 0 Å². The van der Waals surface area contributed by atoms with Crippen LogP contribution in [0.15, 0.2) is 90.2 Å². The van der Waals surface area contributed by atoms with Crippen LogP contribution in [0.5, 0.6) is 11.5 Å². The van der Waals surface area contributed by atoms with Gasteiger partial charge in [0.1, 0.15) is 48.9 Å². The van der Waals surface area contributed by atoms with E-state index < -0.39 is 38.2 Å². The summed E-state index contributed by atoms with van der Waals surface area (Å²) >= 11 is 0. The fourth-order valence-electron chi connectivity index (χ4n) is 6.46. The maximum atomic E-state index is 11.6. The van der Waals surface area contributed by atoms with E-state index in [0.717, 1.165) is 22.1 Å². The molecule has 2 unspecified atom stereocenters. The van der Waals surface area contributed by atoms with Crippen LogP contribution in [0.25, 0.3) is 11.2 Å². The number of ether oxygens (including phenoxy) is 4. The summed E-state index contributed by atoms with van der Waals surface area (Å²) in [5.74, 6) is 1.87. The molecule has 1 aliphatic rings. The van der Waals surface area contributed by atoms with Crippen molar-refractivity contribution in [1.82, 2.24) is 24.4 Å². The van der Waals surface area contributed by atoms with Crippen LogP contribution < -0.4 is 14.9 Å². The molecule has 286 valence electrons. The summed E-state index contributed by atoms with van der Waals surface area (Å²) in [5, 5.41) is 23.1. The molecule has 5 aromatic rings. The number of aliphatic imine (C=N–C) groups is 1. The minimum Gasteiger partial charge on any atom is -0.497 e. The second-order valence-electron chi connectivity index (χ2n) is 15.5. The SMILES string of the molecule is COc1ccc(C(OC[C@H]2O[C@@H](n3cnc4c(N=CCN(C)C)nc([Si](C)(C)C(C)(C)C)nc43)C(O)C2O)(c2ccccc2)c2ccc(OC)cc2)cc1. The van der Waals surface area contributed by atoms with Gasteiger partial charge in [0.2, 0.25) is 0 Å². The summed E-state index contributed by atoms with van der Waals surface area (Å²) < 4.78 is 26.2. The van der Waals surface area contributed by atoms with Crippen molar-refractivity contribution < 1.29 is 29.2 Å². The van der Waals surface area contributed by atoms with E-state index in [1.807, 2.05) is 97.9 Å². The van der Waals surface area contributed by atoms with Gasteiger partial charge in [0.05, 0.1) is 27.2 Å². The molecule has 3 heterocycles. The Morgan fingerprint density at radius 1 is 0.852 bits per heavy atom. The molecule has 12 nitrogen and oxygen atoms in total. The molecular formula is C41H52N6O6Si. The molecule has 0 saturated carbocycles. The number of fused-ring (bicyclic) bond motifs is 1. The number of hydrogen-bond donors (Lipinski definition) is 2. The van der Waals surface area contributed by atoms with Crippen molar-refractivity contribution in [2.75, 3.05) is 41.5 Å². The molecule has 3 aromatic carbocycles. The Morgan fingerprint density at radius 2 is 1.43 bits per heavy atom. The lowest BCUT2D eigenvalue weighted by atomic mass is 9.80. The molecule has 6 rings (SSSR count). The van der Waals surface area contributed by atoms with E-state index in [0.29, 0.717) is 35.0 Å². The summed E-state index contributed by atoms with van der Waals surface area (Å²) in [6.07, 6.45) is -1.14. The van der Waals surface area contributed by atoms with Gasteiger partial charge in [0.25, 0.3) is 0 Å². The van der Waals surface area contributed by atoms with Crippen LogP contribution in [0.3, 0.4) is 0 Å². The van der Waals surface area contributed by atoms with Gasteiger partial charge in [-0.15, -0.1) is 0 Å². The first kappa shape index (κ1) is 39.2. The fraction of sp³-hybridized carbons (Fsp3) is 0.415. The van der Waals surface area contributed by atoms with Gasteiger partial charge in [0.15, 0.2) is 23.2 Å². The van der Waals surface area contributed by atoms with Crippen molar-refractivity contribution in [3.8, 4) is 11.5 Å². The predicted octanol–water partition coefficient (Wildman–Crippen LogP) is 5.45. The summed E-state index contributed by atoms with van der Waals surface area (Å²) in [7, 11) is 4.95. The average Bonchev–Trinajstić information content (AvgIpc) is 3.71. The Labute approximate surface area is 318 Å². The molecular weight excluding hydrogens is 701 g/mol. The molecule has 1 aliphatic heterocycles. The molecule has 13 heteroatoms. The van der Waals surface area contributed by atoms with Crippen LogP contribution >= 0.6 is 0 Å². The van der Waals surface area contributed by atoms with E-state index >= 15 is 0 Å². The Balaban J connectivity index is 1.40. The first-order valence-electron chi connectivity index (χ1n) is 18.1. The van der Waals surface area contributed by atoms with Crippen LogP contribution in [-0.4, -0.2) is 109 Å². The topological polar surface area (TPSA) is 137 Å². The van der Waals surface area contributed by atoms with E-state index in [4.69, 9.17) is 33.9 Å². The van der Waals surface area contributed by atoms with Crippen molar-refractivity contribution in [2.24, 2.45) is 4.99 Å². The molecule has 0 amide bonds. The first-order chi connectivity index (χ1) is 25.7. The Bertz CT molecular complexity index is 2000. The predicted molar refractivity (Wildman–Crippen MR) is 213 cm³/mol. The number of benzene rings is 3. The molecule has 1 fully saturated rings. The van der Waals surface area contributed by atoms with Crippen molar-refractivity contribution in [3.63, 3.8) is 0 Å². The number of imidazole rings is 1. The second-order valence-corrected chi connectivity index (χ2v) is 20.7. The van der Waals surface area contributed by atoms with Gasteiger partial charge < -0.3 is 34.1 Å². The lowest BCUT2D eigenvalue weighted by molar-refractivity contribution is -0.0942. The van der Waals surface area contributed by atoms with Gasteiger partial charge in [-0.05, 0) is 60.1 Å². The molecule has 0 bridgehead atoms. The number of aromatic nitrogens is 4. The lowest BCUT2D eigenvalue weighted by Gasteiger charge is -2.37. The van der Waals surface area contributed by atoms with Crippen molar-refractivity contribution >= 4 is 36.7 Å². The molecule has 2 N–H and O–H groups in total. The largest absolute Gasteiger partial charge is 0.497 e. The highest BCUT2D eigenvalue weighted by atomic mass is 28.3. The monoisotopic (exact) mass is 752 g/mol.